The normalized spacial score (nSPS) is 11.0. The van der Waals surface area contributed by atoms with Gasteiger partial charge in [-0.25, -0.2) is 4.98 Å². The van der Waals surface area contributed by atoms with Gasteiger partial charge in [0.25, 0.3) is 0 Å². The van der Waals surface area contributed by atoms with Gasteiger partial charge >= 0.3 is 0 Å². The Bertz CT molecular complexity index is 741. The molecule has 1 heterocycles. The Morgan fingerprint density at radius 2 is 2.00 bits per heavy atom. The standard InChI is InChI=1S/C13H7BrClNOS/c14-8-2-3-10-12(6-8)18-13(16-10)7-1-4-11(17)9(15)5-7/h1-6,17H. The van der Waals surface area contributed by atoms with Crippen molar-refractivity contribution in [2.45, 2.75) is 0 Å². The van der Waals surface area contributed by atoms with E-state index < -0.39 is 0 Å². The van der Waals surface area contributed by atoms with Crippen molar-refractivity contribution in [2.75, 3.05) is 0 Å². The topological polar surface area (TPSA) is 33.1 Å². The molecule has 3 rings (SSSR count). The van der Waals surface area contributed by atoms with Crippen LogP contribution in [0.2, 0.25) is 5.02 Å². The predicted octanol–water partition coefficient (Wildman–Crippen LogP) is 5.08. The van der Waals surface area contributed by atoms with Crippen molar-refractivity contribution >= 4 is 49.1 Å². The minimum atomic E-state index is 0.0873. The minimum Gasteiger partial charge on any atom is -0.506 e. The first-order valence-electron chi connectivity index (χ1n) is 5.18. The number of halogens is 2. The van der Waals surface area contributed by atoms with Crippen molar-refractivity contribution in [1.29, 1.82) is 0 Å². The van der Waals surface area contributed by atoms with Crippen molar-refractivity contribution in [3.63, 3.8) is 0 Å². The van der Waals surface area contributed by atoms with Gasteiger partial charge in [0.2, 0.25) is 0 Å². The van der Waals surface area contributed by atoms with E-state index in [1.54, 1.807) is 23.5 Å². The maximum absolute atomic E-state index is 9.41. The molecular formula is C13H7BrClNOS. The fourth-order valence-corrected chi connectivity index (χ4v) is 3.36. The number of thiazole rings is 1. The molecule has 0 radical (unpaired) electrons. The maximum Gasteiger partial charge on any atom is 0.134 e. The van der Waals surface area contributed by atoms with E-state index in [-0.39, 0.29) is 5.75 Å². The Morgan fingerprint density at radius 3 is 2.78 bits per heavy atom. The Hall–Kier alpha value is -1.10. The third-order valence-electron chi connectivity index (χ3n) is 2.55. The van der Waals surface area contributed by atoms with E-state index >= 15 is 0 Å². The number of hydrogen-bond acceptors (Lipinski definition) is 3. The zero-order valence-electron chi connectivity index (χ0n) is 9.02. The van der Waals surface area contributed by atoms with E-state index in [4.69, 9.17) is 11.6 Å². The van der Waals surface area contributed by atoms with Gasteiger partial charge in [-0.05, 0) is 36.4 Å². The van der Waals surface area contributed by atoms with Crippen LogP contribution in [-0.2, 0) is 0 Å². The lowest BCUT2D eigenvalue weighted by Crippen LogP contribution is -1.76. The average Bonchev–Trinajstić information content (AvgIpc) is 2.75. The molecule has 0 bridgehead atoms. The molecule has 0 saturated carbocycles. The Morgan fingerprint density at radius 1 is 1.17 bits per heavy atom. The molecule has 0 unspecified atom stereocenters. The highest BCUT2D eigenvalue weighted by Crippen LogP contribution is 2.34. The first-order valence-corrected chi connectivity index (χ1v) is 7.17. The number of fused-ring (bicyclic) bond motifs is 1. The molecular weight excluding hydrogens is 334 g/mol. The Balaban J connectivity index is 2.16. The van der Waals surface area contributed by atoms with Gasteiger partial charge in [0.05, 0.1) is 15.2 Å². The average molecular weight is 341 g/mol. The van der Waals surface area contributed by atoms with Gasteiger partial charge in [-0.15, -0.1) is 11.3 Å². The van der Waals surface area contributed by atoms with Crippen LogP contribution in [0.1, 0.15) is 0 Å². The number of benzene rings is 2. The lowest BCUT2D eigenvalue weighted by Gasteiger charge is -1.98. The number of nitrogens with zero attached hydrogens (tertiary/aromatic N) is 1. The van der Waals surface area contributed by atoms with E-state index in [1.165, 1.54) is 0 Å². The summed E-state index contributed by atoms with van der Waals surface area (Å²) < 4.78 is 2.15. The zero-order chi connectivity index (χ0) is 12.7. The molecule has 1 N–H and O–H groups in total. The number of phenols is 1. The molecule has 3 aromatic rings. The SMILES string of the molecule is Oc1ccc(-c2nc3ccc(Br)cc3s2)cc1Cl. The molecule has 0 aliphatic heterocycles. The second-order valence-corrected chi connectivity index (χ2v) is 6.15. The minimum absolute atomic E-state index is 0.0873. The number of aromatic hydroxyl groups is 1. The maximum atomic E-state index is 9.41. The molecule has 0 aliphatic rings. The molecule has 90 valence electrons. The number of aromatic nitrogens is 1. The van der Waals surface area contributed by atoms with Gasteiger partial charge in [0, 0.05) is 10.0 Å². The second-order valence-electron chi connectivity index (χ2n) is 3.80. The van der Waals surface area contributed by atoms with Crippen molar-refractivity contribution < 1.29 is 5.11 Å². The summed E-state index contributed by atoms with van der Waals surface area (Å²) in [5.74, 6) is 0.0873. The molecule has 1 aromatic heterocycles. The molecule has 0 atom stereocenters. The van der Waals surface area contributed by atoms with Crippen LogP contribution in [0, 0.1) is 0 Å². The summed E-state index contributed by atoms with van der Waals surface area (Å²) in [6.07, 6.45) is 0. The van der Waals surface area contributed by atoms with Crippen LogP contribution in [0.3, 0.4) is 0 Å². The van der Waals surface area contributed by atoms with Crippen LogP contribution in [0.4, 0.5) is 0 Å². The van der Waals surface area contributed by atoms with E-state index in [0.717, 1.165) is 25.3 Å². The summed E-state index contributed by atoms with van der Waals surface area (Å²) in [6, 6.07) is 11.1. The van der Waals surface area contributed by atoms with Gasteiger partial charge < -0.3 is 5.11 Å². The number of phenolic OH excluding ortho intramolecular Hbond substituents is 1. The summed E-state index contributed by atoms with van der Waals surface area (Å²) >= 11 is 10.9. The third-order valence-corrected chi connectivity index (χ3v) is 4.41. The number of hydrogen-bond donors (Lipinski definition) is 1. The second kappa shape index (κ2) is 4.53. The van der Waals surface area contributed by atoms with E-state index in [2.05, 4.69) is 20.9 Å². The summed E-state index contributed by atoms with van der Waals surface area (Å²) in [4.78, 5) is 4.55. The first kappa shape index (κ1) is 12.0. The lowest BCUT2D eigenvalue weighted by atomic mass is 10.2. The third kappa shape index (κ3) is 2.11. The van der Waals surface area contributed by atoms with Crippen LogP contribution in [0.25, 0.3) is 20.8 Å². The smallest absolute Gasteiger partial charge is 0.134 e. The van der Waals surface area contributed by atoms with Crippen LogP contribution < -0.4 is 0 Å². The Labute approximate surface area is 121 Å². The van der Waals surface area contributed by atoms with Gasteiger partial charge in [0.15, 0.2) is 0 Å². The monoisotopic (exact) mass is 339 g/mol. The van der Waals surface area contributed by atoms with Gasteiger partial charge in [0.1, 0.15) is 10.8 Å². The summed E-state index contributed by atoms with van der Waals surface area (Å²) in [7, 11) is 0. The quantitative estimate of drug-likeness (QED) is 0.669. The van der Waals surface area contributed by atoms with Gasteiger partial charge in [-0.1, -0.05) is 27.5 Å². The lowest BCUT2D eigenvalue weighted by molar-refractivity contribution is 0.475. The van der Waals surface area contributed by atoms with Crippen molar-refractivity contribution in [2.24, 2.45) is 0 Å². The van der Waals surface area contributed by atoms with E-state index in [9.17, 15) is 5.11 Å². The highest BCUT2D eigenvalue weighted by Gasteiger charge is 2.08. The zero-order valence-corrected chi connectivity index (χ0v) is 12.2. The molecule has 18 heavy (non-hydrogen) atoms. The molecule has 0 spiro atoms. The Kier molecular flexibility index (Phi) is 3.01. The molecule has 2 nitrogen and oxygen atoms in total. The van der Waals surface area contributed by atoms with Gasteiger partial charge in [-0.2, -0.15) is 0 Å². The number of rotatable bonds is 1. The van der Waals surface area contributed by atoms with E-state index in [0.29, 0.717) is 5.02 Å². The first-order chi connectivity index (χ1) is 8.63. The fraction of sp³-hybridized carbons (Fsp3) is 0. The van der Waals surface area contributed by atoms with Gasteiger partial charge in [-0.3, -0.25) is 0 Å². The molecule has 5 heteroatoms. The fourth-order valence-electron chi connectivity index (χ4n) is 1.66. The highest BCUT2D eigenvalue weighted by atomic mass is 79.9. The van der Waals surface area contributed by atoms with Crippen LogP contribution >= 0.6 is 38.9 Å². The van der Waals surface area contributed by atoms with Crippen LogP contribution in [0.5, 0.6) is 5.75 Å². The summed E-state index contributed by atoms with van der Waals surface area (Å²) in [6.45, 7) is 0. The molecule has 0 fully saturated rings. The molecule has 2 aromatic carbocycles. The predicted molar refractivity (Wildman–Crippen MR) is 79.4 cm³/mol. The molecule has 0 aliphatic carbocycles. The van der Waals surface area contributed by atoms with Crippen molar-refractivity contribution in [3.05, 3.63) is 45.9 Å². The van der Waals surface area contributed by atoms with Crippen LogP contribution in [0.15, 0.2) is 40.9 Å². The van der Waals surface area contributed by atoms with E-state index in [1.807, 2.05) is 24.3 Å². The summed E-state index contributed by atoms with van der Waals surface area (Å²) in [5.41, 5.74) is 1.87. The van der Waals surface area contributed by atoms with Crippen LogP contribution in [-0.4, -0.2) is 10.1 Å². The molecule has 0 saturated heterocycles. The largest absolute Gasteiger partial charge is 0.506 e. The molecule has 0 amide bonds. The summed E-state index contributed by atoms with van der Waals surface area (Å²) in [5, 5.41) is 10.6. The highest BCUT2D eigenvalue weighted by molar-refractivity contribution is 9.10. The van der Waals surface area contributed by atoms with Crippen molar-refractivity contribution in [3.8, 4) is 16.3 Å². The van der Waals surface area contributed by atoms with Crippen molar-refractivity contribution in [1.82, 2.24) is 4.98 Å².